The van der Waals surface area contributed by atoms with Crippen molar-refractivity contribution >= 4 is 23.2 Å². The van der Waals surface area contributed by atoms with Crippen molar-refractivity contribution < 1.29 is 13.5 Å². The monoisotopic (exact) mass is 423 g/mol. The van der Waals surface area contributed by atoms with Crippen LogP contribution < -0.4 is 15.8 Å². The van der Waals surface area contributed by atoms with E-state index in [4.69, 9.17) is 15.9 Å². The van der Waals surface area contributed by atoms with E-state index in [1.165, 1.54) is 12.1 Å². The summed E-state index contributed by atoms with van der Waals surface area (Å²) >= 11 is 0. The molecule has 0 fully saturated rings. The number of anilines is 2. The zero-order valence-electron chi connectivity index (χ0n) is 16.8. The van der Waals surface area contributed by atoms with Gasteiger partial charge in [0.25, 0.3) is 0 Å². The molecule has 0 aliphatic rings. The zero-order chi connectivity index (χ0) is 22.1. The lowest BCUT2D eigenvalue weighted by Crippen LogP contribution is -2.05. The number of ether oxygens (including phenoxy) is 1. The van der Waals surface area contributed by atoms with E-state index in [0.29, 0.717) is 46.2 Å². The van der Waals surface area contributed by atoms with Crippen LogP contribution in [0.15, 0.2) is 36.4 Å². The SMILES string of the molecule is CCNc1cc(-c2cc(N)c(C=N)cc2Oc2ccc(F)cc2F)nn2c(C)nnc12. The highest BCUT2D eigenvalue weighted by molar-refractivity contribution is 5.89. The Morgan fingerprint density at radius 2 is 1.97 bits per heavy atom. The molecule has 0 saturated carbocycles. The summed E-state index contributed by atoms with van der Waals surface area (Å²) in [5.74, 6) is -0.958. The number of hydrogen-bond donors (Lipinski definition) is 3. The van der Waals surface area contributed by atoms with Crippen LogP contribution in [-0.4, -0.2) is 32.6 Å². The minimum Gasteiger partial charge on any atom is -0.454 e. The van der Waals surface area contributed by atoms with Gasteiger partial charge in [-0.3, -0.25) is 0 Å². The Bertz CT molecular complexity index is 1300. The van der Waals surface area contributed by atoms with Crippen LogP contribution in [0, 0.1) is 24.0 Å². The maximum absolute atomic E-state index is 14.2. The molecule has 0 amide bonds. The lowest BCUT2D eigenvalue weighted by Gasteiger charge is -2.15. The molecule has 4 N–H and O–H groups in total. The van der Waals surface area contributed by atoms with Crippen LogP contribution in [0.25, 0.3) is 16.9 Å². The fourth-order valence-electron chi connectivity index (χ4n) is 3.13. The third kappa shape index (κ3) is 3.75. The molecule has 4 rings (SSSR count). The molecule has 0 spiro atoms. The van der Waals surface area contributed by atoms with Crippen LogP contribution >= 0.6 is 0 Å². The van der Waals surface area contributed by atoms with Crippen molar-refractivity contribution in [1.82, 2.24) is 19.8 Å². The molecule has 0 aliphatic carbocycles. The van der Waals surface area contributed by atoms with E-state index in [1.54, 1.807) is 23.6 Å². The first-order valence-corrected chi connectivity index (χ1v) is 9.45. The molecular formula is C21H19F2N7O. The molecule has 0 unspecified atom stereocenters. The van der Waals surface area contributed by atoms with Gasteiger partial charge in [0.2, 0.25) is 5.65 Å². The second-order valence-electron chi connectivity index (χ2n) is 6.75. The van der Waals surface area contributed by atoms with E-state index in [-0.39, 0.29) is 11.5 Å². The lowest BCUT2D eigenvalue weighted by molar-refractivity contribution is 0.439. The van der Waals surface area contributed by atoms with Gasteiger partial charge in [0.05, 0.1) is 11.4 Å². The second kappa shape index (κ2) is 7.98. The number of rotatable bonds is 6. The largest absolute Gasteiger partial charge is 0.454 e. The Hall–Kier alpha value is -4.08. The number of benzene rings is 2. The Morgan fingerprint density at radius 3 is 2.68 bits per heavy atom. The summed E-state index contributed by atoms with van der Waals surface area (Å²) in [6, 6.07) is 7.90. The van der Waals surface area contributed by atoms with E-state index in [2.05, 4.69) is 20.6 Å². The molecule has 10 heteroatoms. The fraction of sp³-hybridized carbons (Fsp3) is 0.143. The van der Waals surface area contributed by atoms with E-state index in [0.717, 1.165) is 18.3 Å². The smallest absolute Gasteiger partial charge is 0.200 e. The number of hydrogen-bond acceptors (Lipinski definition) is 7. The molecule has 4 aromatic rings. The molecule has 31 heavy (non-hydrogen) atoms. The average molecular weight is 423 g/mol. The van der Waals surface area contributed by atoms with Gasteiger partial charge in [-0.15, -0.1) is 10.2 Å². The number of halogens is 2. The number of nitrogens with two attached hydrogens (primary N) is 1. The quantitative estimate of drug-likeness (QED) is 0.317. The maximum atomic E-state index is 14.2. The number of nitrogen functional groups attached to an aromatic ring is 1. The predicted octanol–water partition coefficient (Wildman–Crippen LogP) is 4.18. The van der Waals surface area contributed by atoms with Gasteiger partial charge in [-0.25, -0.2) is 8.78 Å². The van der Waals surface area contributed by atoms with Gasteiger partial charge in [-0.05, 0) is 44.2 Å². The first-order valence-electron chi connectivity index (χ1n) is 9.45. The van der Waals surface area contributed by atoms with Gasteiger partial charge in [-0.2, -0.15) is 9.61 Å². The van der Waals surface area contributed by atoms with Crippen molar-refractivity contribution in [2.75, 3.05) is 17.6 Å². The Labute approximate surface area is 176 Å². The van der Waals surface area contributed by atoms with Crippen molar-refractivity contribution in [2.45, 2.75) is 13.8 Å². The van der Waals surface area contributed by atoms with Crippen LogP contribution in [0.4, 0.5) is 20.2 Å². The van der Waals surface area contributed by atoms with Crippen molar-refractivity contribution in [3.8, 4) is 22.8 Å². The van der Waals surface area contributed by atoms with Crippen molar-refractivity contribution in [3.63, 3.8) is 0 Å². The maximum Gasteiger partial charge on any atom is 0.200 e. The molecule has 2 aromatic carbocycles. The minimum absolute atomic E-state index is 0.170. The van der Waals surface area contributed by atoms with E-state index < -0.39 is 11.6 Å². The van der Waals surface area contributed by atoms with E-state index >= 15 is 0 Å². The molecule has 0 saturated heterocycles. The highest BCUT2D eigenvalue weighted by Gasteiger charge is 2.18. The van der Waals surface area contributed by atoms with E-state index in [9.17, 15) is 8.78 Å². The minimum atomic E-state index is -0.856. The van der Waals surface area contributed by atoms with Crippen LogP contribution in [0.1, 0.15) is 18.3 Å². The molecule has 8 nitrogen and oxygen atoms in total. The normalized spacial score (nSPS) is 11.0. The molecule has 0 aliphatic heterocycles. The van der Waals surface area contributed by atoms with Crippen LogP contribution in [0.5, 0.6) is 11.5 Å². The highest BCUT2D eigenvalue weighted by Crippen LogP contribution is 2.37. The summed E-state index contributed by atoms with van der Waals surface area (Å²) < 4.78 is 34.9. The fourth-order valence-corrected chi connectivity index (χ4v) is 3.13. The number of fused-ring (bicyclic) bond motifs is 1. The van der Waals surface area contributed by atoms with Gasteiger partial charge in [0.1, 0.15) is 11.6 Å². The standard InChI is InChI=1S/C21H19F2N7O/c1-3-26-18-9-17(29-30-11(2)27-28-21(18)30)14-8-16(25)12(10-24)6-20(14)31-19-5-4-13(22)7-15(19)23/h4-10,24,26H,3,25H2,1-2H3. The zero-order valence-corrected chi connectivity index (χ0v) is 16.8. The van der Waals surface area contributed by atoms with Gasteiger partial charge < -0.3 is 21.2 Å². The summed E-state index contributed by atoms with van der Waals surface area (Å²) in [5, 5.41) is 23.6. The third-order valence-electron chi connectivity index (χ3n) is 4.62. The molecule has 158 valence electrons. The Morgan fingerprint density at radius 1 is 1.16 bits per heavy atom. The Kier molecular flexibility index (Phi) is 5.20. The van der Waals surface area contributed by atoms with E-state index in [1.807, 2.05) is 6.92 Å². The average Bonchev–Trinajstić information content (AvgIpc) is 3.12. The number of nitrogens with zero attached hydrogens (tertiary/aromatic N) is 4. The first kappa shape index (κ1) is 20.2. The molecule has 0 atom stereocenters. The summed E-state index contributed by atoms with van der Waals surface area (Å²) in [5.41, 5.74) is 8.98. The first-order chi connectivity index (χ1) is 14.9. The van der Waals surface area contributed by atoms with Gasteiger partial charge >= 0.3 is 0 Å². The predicted molar refractivity (Wildman–Crippen MR) is 114 cm³/mol. The molecule has 0 radical (unpaired) electrons. The van der Waals surface area contributed by atoms with Gasteiger partial charge in [0, 0.05) is 35.6 Å². The van der Waals surface area contributed by atoms with Gasteiger partial charge in [-0.1, -0.05) is 0 Å². The second-order valence-corrected chi connectivity index (χ2v) is 6.75. The highest BCUT2D eigenvalue weighted by atomic mass is 19.1. The summed E-state index contributed by atoms with van der Waals surface area (Å²) in [6.07, 6.45) is 1.07. The summed E-state index contributed by atoms with van der Waals surface area (Å²) in [6.45, 7) is 4.36. The number of nitrogens with one attached hydrogen (secondary N) is 2. The summed E-state index contributed by atoms with van der Waals surface area (Å²) in [7, 11) is 0. The molecular weight excluding hydrogens is 404 g/mol. The third-order valence-corrected chi connectivity index (χ3v) is 4.62. The van der Waals surface area contributed by atoms with Crippen molar-refractivity contribution in [1.29, 1.82) is 5.41 Å². The molecule has 2 heterocycles. The molecule has 0 bridgehead atoms. The summed E-state index contributed by atoms with van der Waals surface area (Å²) in [4.78, 5) is 0. The van der Waals surface area contributed by atoms with Crippen LogP contribution in [0.2, 0.25) is 0 Å². The van der Waals surface area contributed by atoms with Crippen molar-refractivity contribution in [3.05, 3.63) is 59.4 Å². The molecule has 2 aromatic heterocycles. The van der Waals surface area contributed by atoms with Crippen LogP contribution in [-0.2, 0) is 0 Å². The number of aryl methyl sites for hydroxylation is 1. The topological polar surface area (TPSA) is 114 Å². The number of aromatic nitrogens is 4. The van der Waals surface area contributed by atoms with Crippen molar-refractivity contribution in [2.24, 2.45) is 0 Å². The van der Waals surface area contributed by atoms with Crippen LogP contribution in [0.3, 0.4) is 0 Å². The van der Waals surface area contributed by atoms with Gasteiger partial charge in [0.15, 0.2) is 17.4 Å². The lowest BCUT2D eigenvalue weighted by atomic mass is 10.0. The Balaban J connectivity index is 1.92.